The van der Waals surface area contributed by atoms with E-state index in [1.165, 1.54) is 0 Å². The molecule has 0 spiro atoms. The third-order valence-electron chi connectivity index (χ3n) is 1.52. The largest absolute Gasteiger partial charge is 0.340 e. The molecule has 0 aliphatic rings. The number of nitrogens with one attached hydrogen (secondary N) is 2. The molecule has 6 nitrogen and oxygen atoms in total. The maximum absolute atomic E-state index is 10.7. The van der Waals surface area contributed by atoms with E-state index in [0.29, 0.717) is 17.3 Å². The van der Waals surface area contributed by atoms with E-state index in [4.69, 9.17) is 0 Å². The molecule has 0 aliphatic carbocycles. The number of rotatable bonds is 1. The number of hydrogen-bond acceptors (Lipinski definition) is 4. The van der Waals surface area contributed by atoms with Crippen LogP contribution in [0.4, 0.5) is 0 Å². The molecule has 0 aliphatic heterocycles. The van der Waals surface area contributed by atoms with Crippen LogP contribution in [0.25, 0.3) is 11.5 Å². The molecule has 6 heteroatoms. The first kappa shape index (κ1) is 7.66. The zero-order chi connectivity index (χ0) is 9.26. The average molecular weight is 177 g/mol. The molecule has 0 bridgehead atoms. The van der Waals surface area contributed by atoms with Crippen LogP contribution in [0.1, 0.15) is 5.82 Å². The number of aromatic amines is 2. The summed E-state index contributed by atoms with van der Waals surface area (Å²) in [4.78, 5) is 21.3. The van der Waals surface area contributed by atoms with Crippen molar-refractivity contribution in [2.45, 2.75) is 6.92 Å². The quantitative estimate of drug-likeness (QED) is 0.634. The Bertz CT molecular complexity index is 471. The Balaban J connectivity index is 2.52. The van der Waals surface area contributed by atoms with E-state index < -0.39 is 0 Å². The van der Waals surface area contributed by atoms with Crippen molar-refractivity contribution in [3.05, 3.63) is 28.6 Å². The molecule has 0 aromatic carbocycles. The average Bonchev–Trinajstić information content (AvgIpc) is 2.52. The second-order valence-electron chi connectivity index (χ2n) is 2.52. The summed E-state index contributed by atoms with van der Waals surface area (Å²) in [6.07, 6.45) is 1.62. The fourth-order valence-electron chi connectivity index (χ4n) is 0.980. The molecular weight excluding hydrogens is 170 g/mol. The fraction of sp³-hybridized carbons (Fsp3) is 0.143. The Labute approximate surface area is 73.1 Å². The van der Waals surface area contributed by atoms with Gasteiger partial charge in [0.1, 0.15) is 11.5 Å². The highest BCUT2D eigenvalue weighted by atomic mass is 16.1. The third-order valence-corrected chi connectivity index (χ3v) is 1.52. The highest BCUT2D eigenvalue weighted by molar-refractivity contribution is 5.46. The zero-order valence-electron chi connectivity index (χ0n) is 6.90. The Kier molecular flexibility index (Phi) is 1.66. The van der Waals surface area contributed by atoms with Gasteiger partial charge in [0, 0.05) is 6.20 Å². The highest BCUT2D eigenvalue weighted by Crippen LogP contribution is 2.06. The van der Waals surface area contributed by atoms with E-state index in [0.717, 1.165) is 0 Å². The second-order valence-corrected chi connectivity index (χ2v) is 2.52. The van der Waals surface area contributed by atoms with Crippen LogP contribution >= 0.6 is 0 Å². The summed E-state index contributed by atoms with van der Waals surface area (Å²) in [6, 6.07) is 1.68. The third kappa shape index (κ3) is 1.46. The number of H-pyrrole nitrogens is 2. The monoisotopic (exact) mass is 177 g/mol. The van der Waals surface area contributed by atoms with Gasteiger partial charge in [0.15, 0.2) is 5.82 Å². The molecule has 0 amide bonds. The van der Waals surface area contributed by atoms with E-state index in [2.05, 4.69) is 25.1 Å². The lowest BCUT2D eigenvalue weighted by Crippen LogP contribution is -2.00. The van der Waals surface area contributed by atoms with E-state index in [1.807, 2.05) is 0 Å². The molecule has 2 rings (SSSR count). The molecule has 0 unspecified atom stereocenters. The van der Waals surface area contributed by atoms with Gasteiger partial charge in [0.05, 0.1) is 0 Å². The van der Waals surface area contributed by atoms with Crippen LogP contribution in [0, 0.1) is 6.92 Å². The standard InChI is InChI=1S/C7H7N5O/c1-4-8-3-2-5(9-4)6-10-7(13)12-11-6/h2-3H,1H3,(H2,10,11,12,13). The molecule has 0 fully saturated rings. The summed E-state index contributed by atoms with van der Waals surface area (Å²) >= 11 is 0. The van der Waals surface area contributed by atoms with Crippen molar-refractivity contribution in [2.24, 2.45) is 0 Å². The van der Waals surface area contributed by atoms with Crippen molar-refractivity contribution in [1.29, 1.82) is 0 Å². The minimum atomic E-state index is -0.341. The summed E-state index contributed by atoms with van der Waals surface area (Å²) in [6.45, 7) is 1.77. The van der Waals surface area contributed by atoms with Gasteiger partial charge in [-0.25, -0.2) is 19.9 Å². The van der Waals surface area contributed by atoms with E-state index in [9.17, 15) is 4.79 Å². The van der Waals surface area contributed by atoms with Crippen LogP contribution in [-0.2, 0) is 0 Å². The molecule has 2 heterocycles. The SMILES string of the molecule is Cc1nccc(-c2n[nH]c(=O)[nH]2)n1. The minimum absolute atomic E-state index is 0.341. The van der Waals surface area contributed by atoms with E-state index in [1.54, 1.807) is 19.2 Å². The van der Waals surface area contributed by atoms with Crippen LogP contribution in [-0.4, -0.2) is 25.1 Å². The van der Waals surface area contributed by atoms with Gasteiger partial charge in [0.25, 0.3) is 0 Å². The minimum Gasteiger partial charge on any atom is -0.288 e. The molecular formula is C7H7N5O. The van der Waals surface area contributed by atoms with Crippen molar-refractivity contribution >= 4 is 0 Å². The molecule has 0 saturated carbocycles. The number of aryl methyl sites for hydroxylation is 1. The lowest BCUT2D eigenvalue weighted by Gasteiger charge is -1.94. The summed E-state index contributed by atoms with van der Waals surface area (Å²) in [5.74, 6) is 1.07. The maximum Gasteiger partial charge on any atom is 0.340 e. The molecule has 2 N–H and O–H groups in total. The fourth-order valence-corrected chi connectivity index (χ4v) is 0.980. The lowest BCUT2D eigenvalue weighted by molar-refractivity contribution is 1.02. The Morgan fingerprint density at radius 3 is 2.92 bits per heavy atom. The second kappa shape index (κ2) is 2.81. The van der Waals surface area contributed by atoms with Crippen LogP contribution in [0.3, 0.4) is 0 Å². The predicted octanol–water partition coefficient (Wildman–Crippen LogP) is -0.137. The van der Waals surface area contributed by atoms with E-state index >= 15 is 0 Å². The topological polar surface area (TPSA) is 87.3 Å². The lowest BCUT2D eigenvalue weighted by atomic mass is 10.4. The summed E-state index contributed by atoms with van der Waals surface area (Å²) < 4.78 is 0. The number of hydrogen-bond donors (Lipinski definition) is 2. The van der Waals surface area contributed by atoms with Gasteiger partial charge in [0.2, 0.25) is 0 Å². The van der Waals surface area contributed by atoms with Crippen molar-refractivity contribution in [1.82, 2.24) is 25.1 Å². The smallest absolute Gasteiger partial charge is 0.288 e. The number of aromatic nitrogens is 5. The summed E-state index contributed by atoms with van der Waals surface area (Å²) in [7, 11) is 0. The summed E-state index contributed by atoms with van der Waals surface area (Å²) in [5.41, 5.74) is 0.261. The summed E-state index contributed by atoms with van der Waals surface area (Å²) in [5, 5.41) is 6.01. The molecule has 0 saturated heterocycles. The maximum atomic E-state index is 10.7. The van der Waals surface area contributed by atoms with Crippen molar-refractivity contribution < 1.29 is 0 Å². The van der Waals surface area contributed by atoms with Crippen LogP contribution < -0.4 is 5.69 Å². The molecule has 2 aromatic heterocycles. The molecule has 0 radical (unpaired) electrons. The Morgan fingerprint density at radius 1 is 1.46 bits per heavy atom. The van der Waals surface area contributed by atoms with Gasteiger partial charge in [-0.1, -0.05) is 0 Å². The first-order valence-electron chi connectivity index (χ1n) is 3.70. The first-order valence-corrected chi connectivity index (χ1v) is 3.70. The Morgan fingerprint density at radius 2 is 2.31 bits per heavy atom. The van der Waals surface area contributed by atoms with Gasteiger partial charge >= 0.3 is 5.69 Å². The molecule has 2 aromatic rings. The van der Waals surface area contributed by atoms with Gasteiger partial charge < -0.3 is 0 Å². The van der Waals surface area contributed by atoms with E-state index in [-0.39, 0.29) is 5.69 Å². The highest BCUT2D eigenvalue weighted by Gasteiger charge is 2.03. The number of nitrogens with zero attached hydrogens (tertiary/aromatic N) is 3. The first-order chi connectivity index (χ1) is 6.25. The predicted molar refractivity (Wildman–Crippen MR) is 45.0 cm³/mol. The normalized spacial score (nSPS) is 10.2. The van der Waals surface area contributed by atoms with Gasteiger partial charge in [-0.2, -0.15) is 5.10 Å². The molecule has 0 atom stereocenters. The van der Waals surface area contributed by atoms with Gasteiger partial charge in [-0.05, 0) is 13.0 Å². The van der Waals surface area contributed by atoms with Gasteiger partial charge in [-0.3, -0.25) is 4.98 Å². The van der Waals surface area contributed by atoms with Crippen molar-refractivity contribution in [3.63, 3.8) is 0 Å². The Hall–Kier alpha value is -1.98. The molecule has 13 heavy (non-hydrogen) atoms. The zero-order valence-corrected chi connectivity index (χ0v) is 6.90. The van der Waals surface area contributed by atoms with Crippen LogP contribution in [0.5, 0.6) is 0 Å². The van der Waals surface area contributed by atoms with Crippen molar-refractivity contribution in [2.75, 3.05) is 0 Å². The van der Waals surface area contributed by atoms with Crippen LogP contribution in [0.15, 0.2) is 17.1 Å². The van der Waals surface area contributed by atoms with Crippen molar-refractivity contribution in [3.8, 4) is 11.5 Å². The van der Waals surface area contributed by atoms with Crippen LogP contribution in [0.2, 0.25) is 0 Å². The van der Waals surface area contributed by atoms with Gasteiger partial charge in [-0.15, -0.1) is 0 Å². The molecule has 66 valence electrons.